The molecule has 0 aromatic heterocycles. The number of ether oxygens (including phenoxy) is 1. The van der Waals surface area contributed by atoms with Crippen molar-refractivity contribution in [2.75, 3.05) is 0 Å². The maximum atomic E-state index is 12.6. The summed E-state index contributed by atoms with van der Waals surface area (Å²) >= 11 is 0. The summed E-state index contributed by atoms with van der Waals surface area (Å²) in [5.74, 6) is -0.339. The number of Topliss-reactive ketones (excluding diaryl/α,β-unsaturated/α-hetero) is 1. The summed E-state index contributed by atoms with van der Waals surface area (Å²) in [7, 11) is 0. The molecule has 1 aliphatic carbocycles. The highest BCUT2D eigenvalue weighted by molar-refractivity contribution is 5.86. The van der Waals surface area contributed by atoms with E-state index in [1.165, 1.54) is 0 Å². The lowest BCUT2D eigenvalue weighted by Gasteiger charge is -2.35. The number of allylic oxidation sites excluding steroid dienone is 2. The summed E-state index contributed by atoms with van der Waals surface area (Å²) in [5, 5.41) is 20.0. The van der Waals surface area contributed by atoms with Crippen LogP contribution in [0.5, 0.6) is 0 Å². The van der Waals surface area contributed by atoms with Crippen LogP contribution in [0.1, 0.15) is 40.5 Å². The van der Waals surface area contributed by atoms with Gasteiger partial charge in [-0.25, -0.2) is 0 Å². The van der Waals surface area contributed by atoms with Crippen molar-refractivity contribution in [2.24, 2.45) is 17.3 Å². The maximum absolute atomic E-state index is 12.6. The van der Waals surface area contributed by atoms with Crippen molar-refractivity contribution >= 4 is 5.78 Å². The van der Waals surface area contributed by atoms with Gasteiger partial charge in [-0.15, -0.1) is 0 Å². The van der Waals surface area contributed by atoms with Crippen LogP contribution in [0.4, 0.5) is 0 Å². The minimum absolute atomic E-state index is 0.142. The Bertz CT molecular complexity index is 399. The van der Waals surface area contributed by atoms with Crippen molar-refractivity contribution in [2.45, 2.75) is 59.0 Å². The smallest absolute Gasteiger partial charge is 0.155 e. The first-order chi connectivity index (χ1) is 8.75. The van der Waals surface area contributed by atoms with Crippen molar-refractivity contribution in [3.8, 4) is 0 Å². The minimum atomic E-state index is -0.890. The molecule has 2 rings (SSSR count). The van der Waals surface area contributed by atoms with Gasteiger partial charge in [0.1, 0.15) is 5.78 Å². The van der Waals surface area contributed by atoms with Crippen LogP contribution in [0.2, 0.25) is 0 Å². The molecule has 0 aromatic rings. The highest BCUT2D eigenvalue weighted by Gasteiger charge is 2.56. The van der Waals surface area contributed by atoms with Crippen LogP contribution in [0.3, 0.4) is 0 Å². The number of rotatable bonds is 1. The molecule has 0 radical (unpaired) electrons. The Labute approximate surface area is 114 Å². The Hall–Kier alpha value is -0.710. The molecule has 19 heavy (non-hydrogen) atoms. The van der Waals surface area contributed by atoms with Gasteiger partial charge in [-0.2, -0.15) is 0 Å². The highest BCUT2D eigenvalue weighted by atomic mass is 16.6. The largest absolute Gasteiger partial charge is 0.390 e. The van der Waals surface area contributed by atoms with Crippen LogP contribution in [0.15, 0.2) is 11.6 Å². The molecular weight excluding hydrogens is 244 g/mol. The fraction of sp³-hybridized carbons (Fsp3) is 0.800. The molecule has 4 nitrogen and oxygen atoms in total. The van der Waals surface area contributed by atoms with Gasteiger partial charge in [0.05, 0.1) is 12.2 Å². The van der Waals surface area contributed by atoms with Gasteiger partial charge in [-0.3, -0.25) is 4.79 Å². The number of hydrogen-bond donors (Lipinski definition) is 2. The Morgan fingerprint density at radius 1 is 1.42 bits per heavy atom. The second kappa shape index (κ2) is 5.00. The van der Waals surface area contributed by atoms with E-state index in [1.807, 2.05) is 33.8 Å². The molecule has 0 aromatic carbocycles. The zero-order valence-corrected chi connectivity index (χ0v) is 12.1. The zero-order chi connectivity index (χ0) is 14.4. The normalized spacial score (nSPS) is 46.6. The second-order valence-electron chi connectivity index (χ2n) is 6.55. The van der Waals surface area contributed by atoms with E-state index in [0.717, 1.165) is 5.57 Å². The number of hydrogen-bond acceptors (Lipinski definition) is 4. The lowest BCUT2D eigenvalue weighted by molar-refractivity contribution is -0.133. The van der Waals surface area contributed by atoms with Crippen molar-refractivity contribution in [1.29, 1.82) is 0 Å². The van der Waals surface area contributed by atoms with E-state index < -0.39 is 23.9 Å². The first-order valence-electron chi connectivity index (χ1n) is 6.96. The molecule has 108 valence electrons. The number of aliphatic hydroxyl groups excluding tert-OH is 2. The van der Waals surface area contributed by atoms with E-state index in [9.17, 15) is 15.0 Å². The predicted octanol–water partition coefficient (Wildman–Crippen LogP) is 1.65. The van der Waals surface area contributed by atoms with Gasteiger partial charge < -0.3 is 14.9 Å². The standard InChI is InChI=1S/C15H24O4/c1-8(2)5-10-13(18)9(3)6-11(16)14-15(10,4)7-12(17)19-14/h5,9-12,14,16-17H,6-7H2,1-4H3. The number of fused-ring (bicyclic) bond motifs is 1. The van der Waals surface area contributed by atoms with Gasteiger partial charge in [0.15, 0.2) is 6.29 Å². The summed E-state index contributed by atoms with van der Waals surface area (Å²) < 4.78 is 5.49. The quantitative estimate of drug-likeness (QED) is 0.710. The monoisotopic (exact) mass is 268 g/mol. The molecule has 0 bridgehead atoms. The molecule has 4 heteroatoms. The maximum Gasteiger partial charge on any atom is 0.155 e. The van der Waals surface area contributed by atoms with Crippen molar-refractivity contribution in [3.63, 3.8) is 0 Å². The number of carbonyl (C=O) groups excluding carboxylic acids is 1. The Morgan fingerprint density at radius 3 is 2.63 bits per heavy atom. The lowest BCUT2D eigenvalue weighted by Crippen LogP contribution is -2.42. The molecule has 1 aliphatic heterocycles. The van der Waals surface area contributed by atoms with E-state index in [4.69, 9.17) is 4.74 Å². The number of carbonyl (C=O) groups is 1. The molecule has 1 saturated heterocycles. The van der Waals surface area contributed by atoms with Gasteiger partial charge in [0.25, 0.3) is 0 Å². The number of aliphatic hydroxyl groups is 2. The third-order valence-corrected chi connectivity index (χ3v) is 4.52. The van der Waals surface area contributed by atoms with Crippen LogP contribution in [0, 0.1) is 17.3 Å². The van der Waals surface area contributed by atoms with Gasteiger partial charge >= 0.3 is 0 Å². The second-order valence-corrected chi connectivity index (χ2v) is 6.55. The van der Waals surface area contributed by atoms with Gasteiger partial charge in [0, 0.05) is 23.7 Å². The summed E-state index contributed by atoms with van der Waals surface area (Å²) in [6.45, 7) is 7.73. The summed E-state index contributed by atoms with van der Waals surface area (Å²) in [6, 6.07) is 0. The van der Waals surface area contributed by atoms with Gasteiger partial charge in [-0.1, -0.05) is 25.5 Å². The lowest BCUT2D eigenvalue weighted by atomic mass is 9.69. The molecule has 2 N–H and O–H groups in total. The summed E-state index contributed by atoms with van der Waals surface area (Å²) in [5.41, 5.74) is 0.543. The van der Waals surface area contributed by atoms with Crippen LogP contribution in [-0.2, 0) is 9.53 Å². The molecule has 2 fully saturated rings. The molecule has 1 saturated carbocycles. The molecule has 0 amide bonds. The van der Waals surface area contributed by atoms with Crippen molar-refractivity contribution in [3.05, 3.63) is 11.6 Å². The van der Waals surface area contributed by atoms with E-state index in [2.05, 4.69) is 0 Å². The first kappa shape index (κ1) is 14.7. The average Bonchev–Trinajstić information content (AvgIpc) is 2.58. The van der Waals surface area contributed by atoms with Gasteiger partial charge in [-0.05, 0) is 20.3 Å². The highest BCUT2D eigenvalue weighted by Crippen LogP contribution is 2.50. The summed E-state index contributed by atoms with van der Waals surface area (Å²) in [6.07, 6.45) is 0.693. The van der Waals surface area contributed by atoms with Crippen LogP contribution >= 0.6 is 0 Å². The molecule has 6 atom stereocenters. The molecule has 2 aliphatic rings. The van der Waals surface area contributed by atoms with E-state index in [-0.39, 0.29) is 17.6 Å². The topological polar surface area (TPSA) is 66.8 Å². The molecule has 6 unspecified atom stereocenters. The first-order valence-corrected chi connectivity index (χ1v) is 6.96. The Morgan fingerprint density at radius 2 is 2.05 bits per heavy atom. The third-order valence-electron chi connectivity index (χ3n) is 4.52. The van der Waals surface area contributed by atoms with Crippen molar-refractivity contribution in [1.82, 2.24) is 0 Å². The predicted molar refractivity (Wildman–Crippen MR) is 71.3 cm³/mol. The Balaban J connectivity index is 2.46. The minimum Gasteiger partial charge on any atom is -0.390 e. The van der Waals surface area contributed by atoms with E-state index >= 15 is 0 Å². The summed E-state index contributed by atoms with van der Waals surface area (Å²) in [4.78, 5) is 12.6. The molecular formula is C15H24O4. The molecule has 1 heterocycles. The fourth-order valence-electron chi connectivity index (χ4n) is 3.54. The third kappa shape index (κ3) is 2.49. The average molecular weight is 268 g/mol. The van der Waals surface area contributed by atoms with E-state index in [1.54, 1.807) is 0 Å². The fourth-order valence-corrected chi connectivity index (χ4v) is 3.54. The van der Waals surface area contributed by atoms with Gasteiger partial charge in [0.2, 0.25) is 0 Å². The van der Waals surface area contributed by atoms with Crippen LogP contribution in [-0.4, -0.2) is 34.5 Å². The number of ketones is 1. The van der Waals surface area contributed by atoms with Crippen LogP contribution in [0.25, 0.3) is 0 Å². The van der Waals surface area contributed by atoms with Crippen LogP contribution < -0.4 is 0 Å². The SMILES string of the molecule is CC(C)=CC1C(=O)C(C)CC(O)C2OC(O)CC12C. The van der Waals surface area contributed by atoms with E-state index in [0.29, 0.717) is 12.8 Å². The molecule has 0 spiro atoms. The van der Waals surface area contributed by atoms with Crippen molar-refractivity contribution < 1.29 is 19.7 Å². The Kier molecular flexibility index (Phi) is 3.87. The zero-order valence-electron chi connectivity index (χ0n) is 12.1.